The van der Waals surface area contributed by atoms with Crippen molar-refractivity contribution in [1.29, 1.82) is 0 Å². The van der Waals surface area contributed by atoms with E-state index in [-0.39, 0.29) is 6.04 Å². The third-order valence-electron chi connectivity index (χ3n) is 6.37. The fourth-order valence-corrected chi connectivity index (χ4v) is 4.42. The van der Waals surface area contributed by atoms with E-state index in [2.05, 4.69) is 55.8 Å². The minimum Gasteiger partial charge on any atom is -0.461 e. The zero-order valence-corrected chi connectivity index (χ0v) is 19.3. The highest BCUT2D eigenvalue weighted by molar-refractivity contribution is 5.90. The zero-order valence-electron chi connectivity index (χ0n) is 19.3. The second-order valence-corrected chi connectivity index (χ2v) is 8.97. The molecule has 1 saturated heterocycles. The Morgan fingerprint density at radius 1 is 0.970 bits per heavy atom. The van der Waals surface area contributed by atoms with E-state index in [1.165, 1.54) is 11.1 Å². The first kappa shape index (κ1) is 23.7. The number of fused-ring (bicyclic) bond motifs is 1. The van der Waals surface area contributed by atoms with Crippen LogP contribution in [0.5, 0.6) is 5.75 Å². The van der Waals surface area contributed by atoms with E-state index in [0.29, 0.717) is 12.2 Å². The number of aliphatic hydroxyl groups is 4. The van der Waals surface area contributed by atoms with Gasteiger partial charge in [-0.25, -0.2) is 0 Å². The van der Waals surface area contributed by atoms with Crippen molar-refractivity contribution < 1.29 is 29.9 Å². The highest BCUT2D eigenvalue weighted by atomic mass is 16.7. The maximum atomic E-state index is 10.5. The van der Waals surface area contributed by atoms with Crippen molar-refractivity contribution in [1.82, 2.24) is 4.57 Å². The Hall–Kier alpha value is -2.42. The standard InChI is InChI=1S/C26H33NO6/c1-4-16-8-10-17(11-9-16)12-18-13-27(15(2)3)19-6-5-7-20(22(18)19)32-26-25(31)24(30)23(29)21(14-28)33-26/h5-11,13,15,21,23-26,28-31H,4,12,14H2,1-3H3/t21-,23-,24+,25-,26-/m1/s1. The molecule has 7 heteroatoms. The Bertz CT molecular complexity index is 1070. The summed E-state index contributed by atoms with van der Waals surface area (Å²) in [6.45, 7) is 5.86. The van der Waals surface area contributed by atoms with Crippen LogP contribution < -0.4 is 4.74 Å². The number of benzene rings is 2. The lowest BCUT2D eigenvalue weighted by Crippen LogP contribution is -2.60. The van der Waals surface area contributed by atoms with Gasteiger partial charge in [-0.2, -0.15) is 0 Å². The number of aromatic nitrogens is 1. The number of aliphatic hydroxyl groups excluding tert-OH is 4. The van der Waals surface area contributed by atoms with E-state index >= 15 is 0 Å². The molecule has 7 nitrogen and oxygen atoms in total. The van der Waals surface area contributed by atoms with Crippen molar-refractivity contribution in [2.24, 2.45) is 0 Å². The van der Waals surface area contributed by atoms with Gasteiger partial charge >= 0.3 is 0 Å². The Morgan fingerprint density at radius 2 is 1.67 bits per heavy atom. The molecule has 0 radical (unpaired) electrons. The quantitative estimate of drug-likeness (QED) is 0.437. The van der Waals surface area contributed by atoms with Crippen LogP contribution >= 0.6 is 0 Å². The number of aryl methyl sites for hydroxylation is 1. The summed E-state index contributed by atoms with van der Waals surface area (Å²) in [5, 5.41) is 41.1. The minimum absolute atomic E-state index is 0.228. The number of ether oxygens (including phenoxy) is 2. The first-order chi connectivity index (χ1) is 15.8. The molecule has 1 fully saturated rings. The van der Waals surface area contributed by atoms with Gasteiger partial charge in [0.2, 0.25) is 6.29 Å². The lowest BCUT2D eigenvalue weighted by atomic mass is 9.99. The van der Waals surface area contributed by atoms with Gasteiger partial charge in [-0.15, -0.1) is 0 Å². The maximum Gasteiger partial charge on any atom is 0.229 e. The summed E-state index contributed by atoms with van der Waals surface area (Å²) in [5.41, 5.74) is 4.53. The lowest BCUT2D eigenvalue weighted by Gasteiger charge is -2.39. The molecule has 0 amide bonds. The van der Waals surface area contributed by atoms with Crippen LogP contribution in [0, 0.1) is 0 Å². The van der Waals surface area contributed by atoms with Crippen molar-refractivity contribution in [2.75, 3.05) is 6.61 Å². The molecule has 3 aromatic rings. The predicted molar refractivity (Wildman–Crippen MR) is 125 cm³/mol. The van der Waals surface area contributed by atoms with Gasteiger partial charge in [0.25, 0.3) is 0 Å². The Balaban J connectivity index is 1.72. The average Bonchev–Trinajstić information content (AvgIpc) is 3.19. The smallest absolute Gasteiger partial charge is 0.229 e. The molecule has 1 aliphatic rings. The molecule has 4 N–H and O–H groups in total. The Labute approximate surface area is 193 Å². The van der Waals surface area contributed by atoms with Gasteiger partial charge in [0.15, 0.2) is 0 Å². The number of rotatable bonds is 7. The van der Waals surface area contributed by atoms with Crippen LogP contribution in [0.4, 0.5) is 0 Å². The van der Waals surface area contributed by atoms with Crippen LogP contribution in [0.3, 0.4) is 0 Å². The minimum atomic E-state index is -1.49. The van der Waals surface area contributed by atoms with Crippen LogP contribution in [0.2, 0.25) is 0 Å². The molecule has 0 unspecified atom stereocenters. The van der Waals surface area contributed by atoms with Gasteiger partial charge in [-0.3, -0.25) is 0 Å². The van der Waals surface area contributed by atoms with Crippen molar-refractivity contribution in [3.05, 3.63) is 65.4 Å². The largest absolute Gasteiger partial charge is 0.461 e. The SMILES string of the molecule is CCc1ccc(Cc2cn(C(C)C)c3cccc(O[C@@H]4O[C@H](CO)[C@@H](O)[C@H](O)[C@H]4O)c23)cc1. The molecule has 0 aliphatic carbocycles. The van der Waals surface area contributed by atoms with Crippen molar-refractivity contribution in [3.63, 3.8) is 0 Å². The molecule has 0 saturated carbocycles. The second kappa shape index (κ2) is 9.83. The first-order valence-corrected chi connectivity index (χ1v) is 11.5. The van der Waals surface area contributed by atoms with Crippen LogP contribution in [0.25, 0.3) is 10.9 Å². The number of hydrogen-bond donors (Lipinski definition) is 4. The lowest BCUT2D eigenvalue weighted by molar-refractivity contribution is -0.277. The molecule has 5 atom stereocenters. The maximum absolute atomic E-state index is 10.5. The highest BCUT2D eigenvalue weighted by Crippen LogP contribution is 2.36. The molecular weight excluding hydrogens is 422 g/mol. The van der Waals surface area contributed by atoms with Crippen LogP contribution in [0.15, 0.2) is 48.7 Å². The predicted octanol–water partition coefficient (Wildman–Crippen LogP) is 2.55. The monoisotopic (exact) mass is 455 g/mol. The van der Waals surface area contributed by atoms with E-state index < -0.39 is 37.3 Å². The van der Waals surface area contributed by atoms with Gasteiger partial charge < -0.3 is 34.5 Å². The van der Waals surface area contributed by atoms with Gasteiger partial charge in [0, 0.05) is 17.6 Å². The molecule has 2 aromatic carbocycles. The summed E-state index contributed by atoms with van der Waals surface area (Å²) in [7, 11) is 0. The van der Waals surface area contributed by atoms with E-state index in [1.54, 1.807) is 6.07 Å². The van der Waals surface area contributed by atoms with Crippen LogP contribution in [0.1, 0.15) is 43.5 Å². The number of hydrogen-bond acceptors (Lipinski definition) is 6. The van der Waals surface area contributed by atoms with Crippen LogP contribution in [-0.2, 0) is 17.6 Å². The van der Waals surface area contributed by atoms with Crippen LogP contribution in [-0.4, -0.2) is 62.3 Å². The summed E-state index contributed by atoms with van der Waals surface area (Å²) in [4.78, 5) is 0. The van der Waals surface area contributed by atoms with Crippen molar-refractivity contribution in [2.45, 2.75) is 70.4 Å². The number of nitrogens with zero attached hydrogens (tertiary/aromatic N) is 1. The molecule has 0 bridgehead atoms. The molecular formula is C26H33NO6. The van der Waals surface area contributed by atoms with E-state index in [1.807, 2.05) is 12.1 Å². The van der Waals surface area contributed by atoms with Gasteiger partial charge in [0.05, 0.1) is 12.1 Å². The average molecular weight is 456 g/mol. The summed E-state index contributed by atoms with van der Waals surface area (Å²) in [6, 6.07) is 14.5. The summed E-state index contributed by atoms with van der Waals surface area (Å²) >= 11 is 0. The summed E-state index contributed by atoms with van der Waals surface area (Å²) < 4.78 is 13.8. The van der Waals surface area contributed by atoms with E-state index in [0.717, 1.165) is 22.9 Å². The molecule has 0 spiro atoms. The third kappa shape index (κ3) is 4.65. The highest BCUT2D eigenvalue weighted by Gasteiger charge is 2.44. The Kier molecular flexibility index (Phi) is 7.07. The fraction of sp³-hybridized carbons (Fsp3) is 0.462. The molecule has 1 aliphatic heterocycles. The summed E-state index contributed by atoms with van der Waals surface area (Å²) in [6.07, 6.45) is -2.81. The molecule has 4 rings (SSSR count). The van der Waals surface area contributed by atoms with Crippen molar-refractivity contribution >= 4 is 10.9 Å². The topological polar surface area (TPSA) is 104 Å². The molecule has 178 valence electrons. The zero-order chi connectivity index (χ0) is 23.7. The first-order valence-electron chi connectivity index (χ1n) is 11.5. The third-order valence-corrected chi connectivity index (χ3v) is 6.37. The second-order valence-electron chi connectivity index (χ2n) is 8.97. The van der Waals surface area contributed by atoms with Gasteiger partial charge in [-0.05, 0) is 55.5 Å². The van der Waals surface area contributed by atoms with E-state index in [4.69, 9.17) is 9.47 Å². The van der Waals surface area contributed by atoms with Gasteiger partial charge in [-0.1, -0.05) is 37.3 Å². The summed E-state index contributed by atoms with van der Waals surface area (Å²) in [5.74, 6) is 0.511. The van der Waals surface area contributed by atoms with Gasteiger partial charge in [0.1, 0.15) is 30.2 Å². The normalized spacial score (nSPS) is 25.6. The molecule has 33 heavy (non-hydrogen) atoms. The van der Waals surface area contributed by atoms with Crippen molar-refractivity contribution in [3.8, 4) is 5.75 Å². The fourth-order valence-electron chi connectivity index (χ4n) is 4.42. The molecule has 2 heterocycles. The Morgan fingerprint density at radius 3 is 2.30 bits per heavy atom. The molecule has 1 aromatic heterocycles. The van der Waals surface area contributed by atoms with E-state index in [9.17, 15) is 20.4 Å².